The average Bonchev–Trinajstić information content (AvgIpc) is 3.05. The maximum absolute atomic E-state index is 10.1. The molecule has 0 saturated carbocycles. The summed E-state index contributed by atoms with van der Waals surface area (Å²) in [5.74, 6) is 1.64. The van der Waals surface area contributed by atoms with Gasteiger partial charge in [0, 0.05) is 17.1 Å². The molecule has 0 amide bonds. The number of aliphatic hydroxyl groups is 1. The van der Waals surface area contributed by atoms with Gasteiger partial charge in [0.25, 0.3) is 0 Å². The van der Waals surface area contributed by atoms with Crippen LogP contribution >= 0.6 is 24.0 Å². The molecule has 126 valence electrons. The zero-order valence-electron chi connectivity index (χ0n) is 13.0. The smallest absolute Gasteiger partial charge is 0.134 e. The lowest BCUT2D eigenvalue weighted by Gasteiger charge is -2.11. The van der Waals surface area contributed by atoms with Crippen LogP contribution in [0.15, 0.2) is 71.1 Å². The predicted octanol–water partition coefficient (Wildman–Crippen LogP) is 4.85. The third kappa shape index (κ3) is 4.86. The number of rotatable bonds is 6. The molecule has 0 bridgehead atoms. The highest BCUT2D eigenvalue weighted by atomic mass is 35.5. The summed E-state index contributed by atoms with van der Waals surface area (Å²) in [6.45, 7) is 1.04. The Morgan fingerprint density at radius 3 is 2.38 bits per heavy atom. The maximum atomic E-state index is 10.1. The Bertz CT molecular complexity index is 742. The van der Waals surface area contributed by atoms with Crippen LogP contribution in [0.3, 0.4) is 0 Å². The molecule has 0 spiro atoms. The van der Waals surface area contributed by atoms with E-state index >= 15 is 0 Å². The molecule has 0 aliphatic heterocycles. The van der Waals surface area contributed by atoms with Gasteiger partial charge in [-0.3, -0.25) is 0 Å². The van der Waals surface area contributed by atoms with Crippen LogP contribution in [0, 0.1) is 0 Å². The molecule has 0 fully saturated rings. The van der Waals surface area contributed by atoms with Gasteiger partial charge in [0.1, 0.15) is 11.5 Å². The SMILES string of the molecule is Cl.OC(CNCc1ccc(-c2ccc(Cl)cc2)o1)c1ccccc1. The highest BCUT2D eigenvalue weighted by molar-refractivity contribution is 6.30. The van der Waals surface area contributed by atoms with Crippen molar-refractivity contribution in [3.8, 4) is 11.3 Å². The van der Waals surface area contributed by atoms with Crippen LogP contribution in [-0.4, -0.2) is 11.7 Å². The third-order valence-corrected chi connectivity index (χ3v) is 3.86. The number of aliphatic hydroxyl groups excluding tert-OH is 1. The van der Waals surface area contributed by atoms with Crippen molar-refractivity contribution >= 4 is 24.0 Å². The van der Waals surface area contributed by atoms with Gasteiger partial charge >= 0.3 is 0 Å². The number of hydrogen-bond acceptors (Lipinski definition) is 3. The molecular formula is C19H19Cl2NO2. The van der Waals surface area contributed by atoms with E-state index in [1.165, 1.54) is 0 Å². The normalized spacial score (nSPS) is 11.8. The van der Waals surface area contributed by atoms with Crippen LogP contribution < -0.4 is 5.32 Å². The first-order chi connectivity index (χ1) is 11.2. The monoisotopic (exact) mass is 363 g/mol. The molecule has 0 aliphatic carbocycles. The maximum Gasteiger partial charge on any atom is 0.134 e. The van der Waals surface area contributed by atoms with Crippen LogP contribution in [0.25, 0.3) is 11.3 Å². The molecule has 3 nitrogen and oxygen atoms in total. The molecule has 1 aromatic heterocycles. The Kier molecular flexibility index (Phi) is 6.88. The number of halogens is 2. The second-order valence-corrected chi connectivity index (χ2v) is 5.77. The molecule has 3 rings (SSSR count). The molecule has 2 N–H and O–H groups in total. The fourth-order valence-electron chi connectivity index (χ4n) is 2.37. The highest BCUT2D eigenvalue weighted by Gasteiger charge is 2.08. The van der Waals surface area contributed by atoms with Crippen molar-refractivity contribution in [1.82, 2.24) is 5.32 Å². The number of hydrogen-bond donors (Lipinski definition) is 2. The first-order valence-corrected chi connectivity index (χ1v) is 7.88. The summed E-state index contributed by atoms with van der Waals surface area (Å²) in [5, 5.41) is 14.0. The van der Waals surface area contributed by atoms with Crippen molar-refractivity contribution in [2.45, 2.75) is 12.6 Å². The summed E-state index contributed by atoms with van der Waals surface area (Å²) in [4.78, 5) is 0. The molecule has 1 unspecified atom stereocenters. The first kappa shape index (κ1) is 18.6. The molecule has 5 heteroatoms. The van der Waals surface area contributed by atoms with E-state index < -0.39 is 6.10 Å². The summed E-state index contributed by atoms with van der Waals surface area (Å²) in [5.41, 5.74) is 1.89. The first-order valence-electron chi connectivity index (χ1n) is 7.51. The van der Waals surface area contributed by atoms with Gasteiger partial charge in [0.05, 0.1) is 12.6 Å². The molecular weight excluding hydrogens is 345 g/mol. The molecule has 0 saturated heterocycles. The second kappa shape index (κ2) is 8.90. The van der Waals surface area contributed by atoms with Gasteiger partial charge in [-0.25, -0.2) is 0 Å². The Labute approximate surface area is 152 Å². The van der Waals surface area contributed by atoms with Crippen molar-refractivity contribution in [2.75, 3.05) is 6.54 Å². The Hall–Kier alpha value is -1.78. The Morgan fingerprint density at radius 2 is 1.67 bits per heavy atom. The average molecular weight is 364 g/mol. The van der Waals surface area contributed by atoms with Crippen LogP contribution in [0.2, 0.25) is 5.02 Å². The number of nitrogens with one attached hydrogen (secondary N) is 1. The van der Waals surface area contributed by atoms with E-state index in [1.807, 2.05) is 66.7 Å². The fraction of sp³-hybridized carbons (Fsp3) is 0.158. The minimum absolute atomic E-state index is 0. The van der Waals surface area contributed by atoms with E-state index in [2.05, 4.69) is 5.32 Å². The van der Waals surface area contributed by atoms with E-state index in [4.69, 9.17) is 16.0 Å². The number of benzene rings is 2. The summed E-state index contributed by atoms with van der Waals surface area (Å²) >= 11 is 5.89. The van der Waals surface area contributed by atoms with Gasteiger partial charge in [0.15, 0.2) is 0 Å². The largest absolute Gasteiger partial charge is 0.460 e. The van der Waals surface area contributed by atoms with Crippen molar-refractivity contribution in [3.05, 3.63) is 83.1 Å². The van der Waals surface area contributed by atoms with E-state index in [0.29, 0.717) is 18.1 Å². The van der Waals surface area contributed by atoms with E-state index in [1.54, 1.807) is 0 Å². The Morgan fingerprint density at radius 1 is 0.958 bits per heavy atom. The highest BCUT2D eigenvalue weighted by Crippen LogP contribution is 2.23. The standard InChI is InChI=1S/C19H18ClNO2.ClH/c20-16-8-6-15(7-9-16)19-11-10-17(23-19)12-21-13-18(22)14-4-2-1-3-5-14;/h1-11,18,21-22H,12-13H2;1H. The summed E-state index contributed by atoms with van der Waals surface area (Å²) in [6, 6.07) is 21.0. The summed E-state index contributed by atoms with van der Waals surface area (Å²) in [6.07, 6.45) is -0.526. The lowest BCUT2D eigenvalue weighted by Crippen LogP contribution is -2.20. The molecule has 3 aromatic rings. The van der Waals surface area contributed by atoms with Crippen molar-refractivity contribution in [3.63, 3.8) is 0 Å². The van der Waals surface area contributed by atoms with Gasteiger partial charge in [-0.1, -0.05) is 41.9 Å². The van der Waals surface area contributed by atoms with Crippen molar-refractivity contribution in [2.24, 2.45) is 0 Å². The van der Waals surface area contributed by atoms with Gasteiger partial charge < -0.3 is 14.8 Å². The minimum Gasteiger partial charge on any atom is -0.460 e. The molecule has 1 atom stereocenters. The predicted molar refractivity (Wildman–Crippen MR) is 99.5 cm³/mol. The summed E-state index contributed by atoms with van der Waals surface area (Å²) < 4.78 is 5.81. The van der Waals surface area contributed by atoms with Crippen LogP contribution in [-0.2, 0) is 6.54 Å². The number of furan rings is 1. The topological polar surface area (TPSA) is 45.4 Å². The van der Waals surface area contributed by atoms with Crippen LogP contribution in [0.5, 0.6) is 0 Å². The fourth-order valence-corrected chi connectivity index (χ4v) is 2.49. The summed E-state index contributed by atoms with van der Waals surface area (Å²) in [7, 11) is 0. The van der Waals surface area contributed by atoms with Crippen LogP contribution in [0.4, 0.5) is 0 Å². The zero-order chi connectivity index (χ0) is 16.1. The molecule has 24 heavy (non-hydrogen) atoms. The second-order valence-electron chi connectivity index (χ2n) is 5.33. The zero-order valence-corrected chi connectivity index (χ0v) is 14.6. The van der Waals surface area contributed by atoms with E-state index in [0.717, 1.165) is 22.6 Å². The Balaban J connectivity index is 0.00000208. The van der Waals surface area contributed by atoms with E-state index in [-0.39, 0.29) is 12.4 Å². The van der Waals surface area contributed by atoms with Crippen molar-refractivity contribution in [1.29, 1.82) is 0 Å². The van der Waals surface area contributed by atoms with Crippen LogP contribution in [0.1, 0.15) is 17.4 Å². The molecule has 2 aromatic carbocycles. The molecule has 1 heterocycles. The van der Waals surface area contributed by atoms with Gasteiger partial charge in [0.2, 0.25) is 0 Å². The minimum atomic E-state index is -0.526. The van der Waals surface area contributed by atoms with E-state index in [9.17, 15) is 5.11 Å². The van der Waals surface area contributed by atoms with Gasteiger partial charge in [-0.2, -0.15) is 0 Å². The quantitative estimate of drug-likeness (QED) is 0.658. The van der Waals surface area contributed by atoms with Gasteiger partial charge in [-0.15, -0.1) is 12.4 Å². The lowest BCUT2D eigenvalue weighted by molar-refractivity contribution is 0.173. The molecule has 0 radical (unpaired) electrons. The van der Waals surface area contributed by atoms with Crippen molar-refractivity contribution < 1.29 is 9.52 Å². The van der Waals surface area contributed by atoms with Gasteiger partial charge in [-0.05, 0) is 42.0 Å². The third-order valence-electron chi connectivity index (χ3n) is 3.61. The lowest BCUT2D eigenvalue weighted by atomic mass is 10.1. The molecule has 0 aliphatic rings.